The number of ether oxygens (including phenoxy) is 2. The maximum atomic E-state index is 12.9. The van der Waals surface area contributed by atoms with Gasteiger partial charge in [0, 0.05) is 25.9 Å². The molecule has 0 aliphatic carbocycles. The molecule has 0 aliphatic rings. The fraction of sp³-hybridized carbons (Fsp3) is 0.367. The second-order valence-corrected chi connectivity index (χ2v) is 9.16. The van der Waals surface area contributed by atoms with Crippen molar-refractivity contribution in [2.45, 2.75) is 38.5 Å². The van der Waals surface area contributed by atoms with E-state index in [4.69, 9.17) is 9.47 Å². The standard InChI is InChI=1S/C30H34F3NO3/c1-3-36-29(35)21-24(20-23-10-6-4-7-11-23)22-34(2)19-18-28(25-12-8-5-9-13-25)37-27-16-14-26(15-17-27)30(31,32)33/h4-17,24,28H,3,18-22H2,1-2H3. The summed E-state index contributed by atoms with van der Waals surface area (Å²) in [6.07, 6.45) is -3.01. The topological polar surface area (TPSA) is 38.8 Å². The maximum Gasteiger partial charge on any atom is 0.416 e. The zero-order chi connectivity index (χ0) is 26.7. The molecule has 3 rings (SSSR count). The average molecular weight is 514 g/mol. The molecule has 2 atom stereocenters. The summed E-state index contributed by atoms with van der Waals surface area (Å²) in [4.78, 5) is 14.4. The summed E-state index contributed by atoms with van der Waals surface area (Å²) in [6.45, 7) is 3.52. The molecular weight excluding hydrogens is 479 g/mol. The van der Waals surface area contributed by atoms with Gasteiger partial charge in [-0.1, -0.05) is 60.7 Å². The van der Waals surface area contributed by atoms with E-state index in [-0.39, 0.29) is 18.0 Å². The Morgan fingerprint density at radius 1 is 0.919 bits per heavy atom. The van der Waals surface area contributed by atoms with E-state index in [1.165, 1.54) is 12.1 Å². The first-order chi connectivity index (χ1) is 17.7. The molecular formula is C30H34F3NO3. The summed E-state index contributed by atoms with van der Waals surface area (Å²) in [5, 5.41) is 0. The number of benzene rings is 3. The molecule has 0 saturated carbocycles. The number of esters is 1. The largest absolute Gasteiger partial charge is 0.486 e. The Kier molecular flexibility index (Phi) is 10.6. The third-order valence-electron chi connectivity index (χ3n) is 6.10. The van der Waals surface area contributed by atoms with Crippen molar-refractivity contribution in [1.82, 2.24) is 4.90 Å². The number of carbonyl (C=O) groups excluding carboxylic acids is 1. The third-order valence-corrected chi connectivity index (χ3v) is 6.10. The van der Waals surface area contributed by atoms with Gasteiger partial charge in [-0.2, -0.15) is 13.2 Å². The summed E-state index contributed by atoms with van der Waals surface area (Å²) in [5.74, 6) is 0.260. The molecule has 3 aromatic rings. The van der Waals surface area contributed by atoms with Crippen LogP contribution >= 0.6 is 0 Å². The Hall–Kier alpha value is -3.32. The third kappa shape index (κ3) is 9.57. The van der Waals surface area contributed by atoms with Crippen molar-refractivity contribution >= 4 is 5.97 Å². The van der Waals surface area contributed by atoms with Crippen molar-refractivity contribution in [3.8, 4) is 5.75 Å². The van der Waals surface area contributed by atoms with Gasteiger partial charge in [-0.25, -0.2) is 0 Å². The highest BCUT2D eigenvalue weighted by Crippen LogP contribution is 2.32. The molecule has 0 aromatic heterocycles. The smallest absolute Gasteiger partial charge is 0.416 e. The molecule has 0 fully saturated rings. The number of carbonyl (C=O) groups is 1. The van der Waals surface area contributed by atoms with Crippen LogP contribution in [0.4, 0.5) is 13.2 Å². The van der Waals surface area contributed by atoms with Crippen LogP contribution in [0, 0.1) is 5.92 Å². The summed E-state index contributed by atoms with van der Waals surface area (Å²) in [6, 6.07) is 24.5. The quantitative estimate of drug-likeness (QED) is 0.232. The second kappa shape index (κ2) is 13.8. The Bertz CT molecular complexity index is 1070. The lowest BCUT2D eigenvalue weighted by atomic mass is 9.95. The van der Waals surface area contributed by atoms with Gasteiger partial charge in [-0.15, -0.1) is 0 Å². The fourth-order valence-electron chi connectivity index (χ4n) is 4.32. The lowest BCUT2D eigenvalue weighted by Crippen LogP contribution is -2.31. The highest BCUT2D eigenvalue weighted by molar-refractivity contribution is 5.69. The molecule has 0 heterocycles. The Morgan fingerprint density at radius 3 is 2.14 bits per heavy atom. The number of hydrogen-bond donors (Lipinski definition) is 0. The molecule has 0 bridgehead atoms. The van der Waals surface area contributed by atoms with E-state index in [1.807, 2.05) is 55.6 Å². The normalized spacial score (nSPS) is 13.2. The van der Waals surface area contributed by atoms with Crippen molar-refractivity contribution in [3.63, 3.8) is 0 Å². The molecule has 3 aromatic carbocycles. The van der Waals surface area contributed by atoms with Crippen LogP contribution in [0.5, 0.6) is 5.75 Å². The van der Waals surface area contributed by atoms with Crippen LogP contribution in [0.3, 0.4) is 0 Å². The summed E-state index contributed by atoms with van der Waals surface area (Å²) >= 11 is 0. The van der Waals surface area contributed by atoms with E-state index >= 15 is 0 Å². The molecule has 37 heavy (non-hydrogen) atoms. The van der Waals surface area contributed by atoms with Crippen LogP contribution in [0.1, 0.15) is 42.6 Å². The first-order valence-electron chi connectivity index (χ1n) is 12.5. The van der Waals surface area contributed by atoms with E-state index in [9.17, 15) is 18.0 Å². The highest BCUT2D eigenvalue weighted by atomic mass is 19.4. The summed E-state index contributed by atoms with van der Waals surface area (Å²) in [5.41, 5.74) is 1.41. The zero-order valence-corrected chi connectivity index (χ0v) is 21.3. The van der Waals surface area contributed by atoms with Crippen molar-refractivity contribution in [2.75, 3.05) is 26.7 Å². The van der Waals surface area contributed by atoms with Crippen LogP contribution in [0.25, 0.3) is 0 Å². The van der Waals surface area contributed by atoms with E-state index < -0.39 is 11.7 Å². The first-order valence-corrected chi connectivity index (χ1v) is 12.5. The SMILES string of the molecule is CCOC(=O)CC(Cc1ccccc1)CN(C)CCC(Oc1ccc(C(F)(F)F)cc1)c1ccccc1. The molecule has 0 aliphatic heterocycles. The first kappa shape index (κ1) is 28.3. The molecule has 0 N–H and O–H groups in total. The minimum absolute atomic E-state index is 0.0810. The predicted octanol–water partition coefficient (Wildman–Crippen LogP) is 6.96. The van der Waals surface area contributed by atoms with Crippen molar-refractivity contribution in [2.24, 2.45) is 5.92 Å². The van der Waals surface area contributed by atoms with Gasteiger partial charge in [0.05, 0.1) is 12.2 Å². The minimum atomic E-state index is -4.39. The molecule has 198 valence electrons. The van der Waals surface area contributed by atoms with Crippen molar-refractivity contribution < 1.29 is 27.4 Å². The van der Waals surface area contributed by atoms with Crippen LogP contribution in [0.2, 0.25) is 0 Å². The van der Waals surface area contributed by atoms with Gasteiger partial charge >= 0.3 is 12.1 Å². The average Bonchev–Trinajstić information content (AvgIpc) is 2.87. The lowest BCUT2D eigenvalue weighted by Gasteiger charge is -2.26. The predicted molar refractivity (Wildman–Crippen MR) is 138 cm³/mol. The van der Waals surface area contributed by atoms with Gasteiger partial charge in [0.25, 0.3) is 0 Å². The van der Waals surface area contributed by atoms with E-state index in [1.54, 1.807) is 6.92 Å². The zero-order valence-electron chi connectivity index (χ0n) is 21.3. The number of rotatable bonds is 13. The summed E-state index contributed by atoms with van der Waals surface area (Å²) in [7, 11) is 2.00. The second-order valence-electron chi connectivity index (χ2n) is 9.16. The molecule has 0 spiro atoms. The van der Waals surface area contributed by atoms with Gasteiger partial charge in [0.1, 0.15) is 11.9 Å². The number of nitrogens with zero attached hydrogens (tertiary/aromatic N) is 1. The molecule has 2 unspecified atom stereocenters. The van der Waals surface area contributed by atoms with E-state index in [2.05, 4.69) is 17.0 Å². The van der Waals surface area contributed by atoms with Gasteiger partial charge in [0.15, 0.2) is 0 Å². The Balaban J connectivity index is 1.66. The number of halogens is 3. The van der Waals surface area contributed by atoms with Gasteiger partial charge in [-0.3, -0.25) is 4.79 Å². The van der Waals surface area contributed by atoms with E-state index in [0.29, 0.717) is 38.3 Å². The molecule has 0 amide bonds. The monoisotopic (exact) mass is 513 g/mol. The lowest BCUT2D eigenvalue weighted by molar-refractivity contribution is -0.144. The fourth-order valence-corrected chi connectivity index (χ4v) is 4.32. The minimum Gasteiger partial charge on any atom is -0.486 e. The molecule has 7 heteroatoms. The summed E-state index contributed by atoms with van der Waals surface area (Å²) < 4.78 is 50.2. The number of alkyl halides is 3. The van der Waals surface area contributed by atoms with Gasteiger partial charge in [-0.05, 0) is 61.7 Å². The Morgan fingerprint density at radius 2 is 1.54 bits per heavy atom. The van der Waals surface area contributed by atoms with Gasteiger partial charge in [0.2, 0.25) is 0 Å². The van der Waals surface area contributed by atoms with E-state index in [0.717, 1.165) is 29.7 Å². The number of hydrogen-bond acceptors (Lipinski definition) is 4. The maximum absolute atomic E-state index is 12.9. The molecule has 0 radical (unpaired) electrons. The van der Waals surface area contributed by atoms with Gasteiger partial charge < -0.3 is 14.4 Å². The van der Waals surface area contributed by atoms with Crippen LogP contribution in [-0.4, -0.2) is 37.6 Å². The van der Waals surface area contributed by atoms with Crippen LogP contribution in [0.15, 0.2) is 84.9 Å². The van der Waals surface area contributed by atoms with Crippen molar-refractivity contribution in [1.29, 1.82) is 0 Å². The molecule has 0 saturated heterocycles. The highest BCUT2D eigenvalue weighted by Gasteiger charge is 2.30. The molecule has 4 nitrogen and oxygen atoms in total. The van der Waals surface area contributed by atoms with Crippen LogP contribution in [-0.2, 0) is 22.1 Å². The van der Waals surface area contributed by atoms with Crippen LogP contribution < -0.4 is 4.74 Å². The Labute approximate surface area is 217 Å². The van der Waals surface area contributed by atoms with Crippen molar-refractivity contribution in [3.05, 3.63) is 102 Å².